The normalized spacial score (nSPS) is 10.6. The lowest BCUT2D eigenvalue weighted by Crippen LogP contribution is -2.30. The number of ether oxygens (including phenoxy) is 2. The van der Waals surface area contributed by atoms with Gasteiger partial charge in [-0.15, -0.1) is 0 Å². The third kappa shape index (κ3) is 5.76. The van der Waals surface area contributed by atoms with Crippen molar-refractivity contribution in [2.45, 2.75) is 12.8 Å². The molecule has 0 aliphatic rings. The van der Waals surface area contributed by atoms with Gasteiger partial charge in [0.2, 0.25) is 0 Å². The van der Waals surface area contributed by atoms with E-state index in [-0.39, 0.29) is 6.42 Å². The number of aliphatic carboxylic acids is 1. The summed E-state index contributed by atoms with van der Waals surface area (Å²) in [7, 11) is 3.30. The smallest absolute Gasteiger partial charge is 0.303 e. The summed E-state index contributed by atoms with van der Waals surface area (Å²) >= 11 is 0. The van der Waals surface area contributed by atoms with Crippen LogP contribution in [0, 0.1) is 0 Å². The number of rotatable bonds is 10. The van der Waals surface area contributed by atoms with Gasteiger partial charge in [0.15, 0.2) is 5.88 Å². The molecular formula is C13H21NO5. The third-order valence-corrected chi connectivity index (χ3v) is 2.68. The fourth-order valence-electron chi connectivity index (χ4n) is 1.64. The van der Waals surface area contributed by atoms with E-state index in [0.717, 1.165) is 5.88 Å². The number of hydrogen-bond donors (Lipinski definition) is 1. The number of hydrogen-bond acceptors (Lipinski definition) is 5. The molecule has 0 atom stereocenters. The molecule has 0 aliphatic carbocycles. The Bertz CT molecular complexity index is 369. The zero-order valence-electron chi connectivity index (χ0n) is 11.4. The Hall–Kier alpha value is -1.53. The summed E-state index contributed by atoms with van der Waals surface area (Å²) in [5, 5.41) is 8.64. The van der Waals surface area contributed by atoms with Crippen molar-refractivity contribution in [1.29, 1.82) is 0 Å². The van der Waals surface area contributed by atoms with Crippen molar-refractivity contribution >= 4 is 11.9 Å². The minimum Gasteiger partial charge on any atom is -0.481 e. The first-order valence-corrected chi connectivity index (χ1v) is 6.20. The van der Waals surface area contributed by atoms with Crippen molar-refractivity contribution in [3.63, 3.8) is 0 Å². The Balaban J connectivity index is 2.59. The van der Waals surface area contributed by atoms with Crippen molar-refractivity contribution in [2.75, 3.05) is 45.4 Å². The number of furan rings is 1. The Morgan fingerprint density at radius 1 is 1.26 bits per heavy atom. The van der Waals surface area contributed by atoms with Gasteiger partial charge in [0.05, 0.1) is 19.6 Å². The molecule has 0 fully saturated rings. The van der Waals surface area contributed by atoms with Gasteiger partial charge in [-0.2, -0.15) is 0 Å². The molecule has 0 saturated heterocycles. The van der Waals surface area contributed by atoms with E-state index in [2.05, 4.69) is 0 Å². The molecule has 0 unspecified atom stereocenters. The van der Waals surface area contributed by atoms with Crippen molar-refractivity contribution in [3.8, 4) is 0 Å². The highest BCUT2D eigenvalue weighted by Gasteiger charge is 2.11. The molecule has 0 bridgehead atoms. The maximum atomic E-state index is 10.5. The molecule has 19 heavy (non-hydrogen) atoms. The van der Waals surface area contributed by atoms with Crippen LogP contribution in [-0.2, 0) is 20.7 Å². The van der Waals surface area contributed by atoms with E-state index in [9.17, 15) is 4.79 Å². The van der Waals surface area contributed by atoms with Crippen LogP contribution < -0.4 is 4.90 Å². The zero-order valence-corrected chi connectivity index (χ0v) is 11.4. The molecule has 1 aromatic heterocycles. The Morgan fingerprint density at radius 2 is 1.89 bits per heavy atom. The minimum absolute atomic E-state index is 0.0725. The van der Waals surface area contributed by atoms with Crippen molar-refractivity contribution < 1.29 is 23.8 Å². The lowest BCUT2D eigenvalue weighted by atomic mass is 10.2. The molecular weight excluding hydrogens is 250 g/mol. The summed E-state index contributed by atoms with van der Waals surface area (Å²) in [5.74, 6) is 0.570. The van der Waals surface area contributed by atoms with Crippen LogP contribution in [0.25, 0.3) is 0 Å². The second-order valence-electron chi connectivity index (χ2n) is 4.11. The third-order valence-electron chi connectivity index (χ3n) is 2.68. The molecule has 0 amide bonds. The van der Waals surface area contributed by atoms with E-state index in [1.54, 1.807) is 14.2 Å². The van der Waals surface area contributed by atoms with Crippen LogP contribution in [-0.4, -0.2) is 51.6 Å². The van der Waals surface area contributed by atoms with Gasteiger partial charge in [-0.3, -0.25) is 4.79 Å². The fraction of sp³-hybridized carbons (Fsp3) is 0.615. The van der Waals surface area contributed by atoms with Crippen molar-refractivity contribution in [1.82, 2.24) is 0 Å². The van der Waals surface area contributed by atoms with Crippen LogP contribution in [0.3, 0.4) is 0 Å². The van der Waals surface area contributed by atoms with Crippen LogP contribution in [0.15, 0.2) is 16.5 Å². The molecule has 6 nitrogen and oxygen atoms in total. The number of aryl methyl sites for hydroxylation is 1. The number of anilines is 1. The molecule has 1 N–H and O–H groups in total. The first kappa shape index (κ1) is 15.5. The molecule has 0 aromatic carbocycles. The van der Waals surface area contributed by atoms with Crippen molar-refractivity contribution in [2.24, 2.45) is 0 Å². The maximum absolute atomic E-state index is 10.5. The van der Waals surface area contributed by atoms with Crippen LogP contribution >= 0.6 is 0 Å². The van der Waals surface area contributed by atoms with Gasteiger partial charge in [-0.25, -0.2) is 0 Å². The van der Waals surface area contributed by atoms with Gasteiger partial charge < -0.3 is 23.9 Å². The molecule has 108 valence electrons. The summed E-state index contributed by atoms with van der Waals surface area (Å²) in [6.45, 7) is 2.58. The van der Waals surface area contributed by atoms with Gasteiger partial charge in [0, 0.05) is 39.8 Å². The predicted octanol–water partition coefficient (Wildman–Crippen LogP) is 1.40. The van der Waals surface area contributed by atoms with Gasteiger partial charge in [-0.05, 0) is 6.07 Å². The Morgan fingerprint density at radius 3 is 2.42 bits per heavy atom. The molecule has 1 rings (SSSR count). The number of methoxy groups -OCH3 is 2. The molecule has 0 spiro atoms. The average Bonchev–Trinajstić information content (AvgIpc) is 2.85. The number of carbonyl (C=O) groups is 1. The van der Waals surface area contributed by atoms with E-state index < -0.39 is 5.97 Å². The SMILES string of the molecule is COCCN(CCOC)c1ccc(CCC(=O)O)o1. The summed E-state index contributed by atoms with van der Waals surface area (Å²) in [6, 6.07) is 3.66. The van der Waals surface area contributed by atoms with E-state index >= 15 is 0 Å². The summed E-state index contributed by atoms with van der Waals surface area (Å²) in [6.07, 6.45) is 0.473. The second-order valence-corrected chi connectivity index (χ2v) is 4.11. The Kier molecular flexibility index (Phi) is 6.99. The van der Waals surface area contributed by atoms with E-state index in [4.69, 9.17) is 19.0 Å². The van der Waals surface area contributed by atoms with Crippen LogP contribution in [0.1, 0.15) is 12.2 Å². The summed E-state index contributed by atoms with van der Waals surface area (Å²) in [4.78, 5) is 12.5. The lowest BCUT2D eigenvalue weighted by Gasteiger charge is -2.21. The van der Waals surface area contributed by atoms with Crippen molar-refractivity contribution in [3.05, 3.63) is 17.9 Å². The molecule has 1 aromatic rings. The Labute approximate surface area is 112 Å². The first-order chi connectivity index (χ1) is 9.17. The molecule has 6 heteroatoms. The van der Waals surface area contributed by atoms with Gasteiger partial charge in [0.1, 0.15) is 5.76 Å². The highest BCUT2D eigenvalue weighted by Crippen LogP contribution is 2.19. The summed E-state index contributed by atoms with van der Waals surface area (Å²) < 4.78 is 15.8. The lowest BCUT2D eigenvalue weighted by molar-refractivity contribution is -0.137. The zero-order chi connectivity index (χ0) is 14.1. The number of carboxylic acid groups (broad SMARTS) is 1. The largest absolute Gasteiger partial charge is 0.481 e. The van der Waals surface area contributed by atoms with E-state index in [1.165, 1.54) is 0 Å². The fourth-order valence-corrected chi connectivity index (χ4v) is 1.64. The van der Waals surface area contributed by atoms with Gasteiger partial charge in [-0.1, -0.05) is 0 Å². The standard InChI is InChI=1S/C13H21NO5/c1-17-9-7-14(8-10-18-2)12-5-3-11(19-12)4-6-13(15)16/h3,5H,4,6-10H2,1-2H3,(H,15,16). The van der Waals surface area contributed by atoms with Gasteiger partial charge in [0.25, 0.3) is 0 Å². The topological polar surface area (TPSA) is 72.1 Å². The van der Waals surface area contributed by atoms with Crippen LogP contribution in [0.4, 0.5) is 5.88 Å². The summed E-state index contributed by atoms with van der Waals surface area (Å²) in [5.41, 5.74) is 0. The molecule has 0 aliphatic heterocycles. The first-order valence-electron chi connectivity index (χ1n) is 6.20. The predicted molar refractivity (Wildman–Crippen MR) is 70.6 cm³/mol. The maximum Gasteiger partial charge on any atom is 0.303 e. The van der Waals surface area contributed by atoms with Gasteiger partial charge >= 0.3 is 5.97 Å². The number of nitrogens with zero attached hydrogens (tertiary/aromatic N) is 1. The van der Waals surface area contributed by atoms with E-state index in [0.29, 0.717) is 38.5 Å². The molecule has 0 saturated carbocycles. The van der Waals surface area contributed by atoms with Crippen LogP contribution in [0.2, 0.25) is 0 Å². The highest BCUT2D eigenvalue weighted by molar-refractivity contribution is 5.66. The monoisotopic (exact) mass is 271 g/mol. The highest BCUT2D eigenvalue weighted by atomic mass is 16.5. The quantitative estimate of drug-likeness (QED) is 0.693. The average molecular weight is 271 g/mol. The second kappa shape index (κ2) is 8.55. The molecule has 1 heterocycles. The minimum atomic E-state index is -0.825. The van der Waals surface area contributed by atoms with Crippen LogP contribution in [0.5, 0.6) is 0 Å². The van der Waals surface area contributed by atoms with E-state index in [1.807, 2.05) is 17.0 Å². The molecule has 0 radical (unpaired) electrons. The number of carboxylic acids is 1.